The molecule has 0 saturated carbocycles. The molecule has 7 nitrogen and oxygen atoms in total. The SMILES string of the molecule is COc1ncnc(OC)c1C(=O)NC1CCCNC1C. The molecule has 1 aliphatic rings. The third-order valence-corrected chi connectivity index (χ3v) is 3.47. The number of rotatable bonds is 4. The van der Waals surface area contributed by atoms with Gasteiger partial charge in [0.25, 0.3) is 5.91 Å². The first-order valence-electron chi connectivity index (χ1n) is 6.64. The summed E-state index contributed by atoms with van der Waals surface area (Å²) in [5.74, 6) is 0.149. The Morgan fingerprint density at radius 3 is 2.55 bits per heavy atom. The number of hydrogen-bond acceptors (Lipinski definition) is 6. The summed E-state index contributed by atoms with van der Waals surface area (Å²) >= 11 is 0. The van der Waals surface area contributed by atoms with E-state index >= 15 is 0 Å². The Morgan fingerprint density at radius 1 is 1.35 bits per heavy atom. The Hall–Kier alpha value is -1.89. The van der Waals surface area contributed by atoms with Gasteiger partial charge in [0.05, 0.1) is 14.2 Å². The molecule has 2 heterocycles. The van der Waals surface area contributed by atoms with Gasteiger partial charge in [0.15, 0.2) is 5.56 Å². The van der Waals surface area contributed by atoms with E-state index in [0.717, 1.165) is 19.4 Å². The third kappa shape index (κ3) is 2.98. The molecule has 0 bridgehead atoms. The quantitative estimate of drug-likeness (QED) is 0.828. The van der Waals surface area contributed by atoms with Gasteiger partial charge < -0.3 is 20.1 Å². The van der Waals surface area contributed by atoms with Crippen molar-refractivity contribution in [3.63, 3.8) is 0 Å². The van der Waals surface area contributed by atoms with E-state index in [-0.39, 0.29) is 35.3 Å². The number of carbonyl (C=O) groups excluding carboxylic acids is 1. The molecule has 0 spiro atoms. The molecule has 0 radical (unpaired) electrons. The lowest BCUT2D eigenvalue weighted by molar-refractivity contribution is 0.0911. The Labute approximate surface area is 118 Å². The molecule has 20 heavy (non-hydrogen) atoms. The van der Waals surface area contributed by atoms with Crippen LogP contribution in [0.4, 0.5) is 0 Å². The minimum absolute atomic E-state index is 0.0749. The van der Waals surface area contributed by atoms with Crippen molar-refractivity contribution in [3.05, 3.63) is 11.9 Å². The van der Waals surface area contributed by atoms with Gasteiger partial charge >= 0.3 is 0 Å². The summed E-state index contributed by atoms with van der Waals surface area (Å²) in [5.41, 5.74) is 0.232. The molecule has 1 saturated heterocycles. The van der Waals surface area contributed by atoms with Gasteiger partial charge in [-0.3, -0.25) is 4.79 Å². The van der Waals surface area contributed by atoms with E-state index in [9.17, 15) is 4.79 Å². The molecule has 110 valence electrons. The first-order valence-corrected chi connectivity index (χ1v) is 6.64. The van der Waals surface area contributed by atoms with Crippen LogP contribution >= 0.6 is 0 Å². The van der Waals surface area contributed by atoms with Gasteiger partial charge in [0, 0.05) is 12.1 Å². The van der Waals surface area contributed by atoms with Crippen LogP contribution in [0.25, 0.3) is 0 Å². The number of carbonyl (C=O) groups is 1. The molecule has 7 heteroatoms. The number of amides is 1. The largest absolute Gasteiger partial charge is 0.480 e. The molecule has 1 amide bonds. The summed E-state index contributed by atoms with van der Waals surface area (Å²) < 4.78 is 10.2. The van der Waals surface area contributed by atoms with Crippen LogP contribution in [0.1, 0.15) is 30.1 Å². The molecule has 2 N–H and O–H groups in total. The maximum Gasteiger partial charge on any atom is 0.262 e. The maximum absolute atomic E-state index is 12.4. The first kappa shape index (κ1) is 14.5. The van der Waals surface area contributed by atoms with Crippen LogP contribution in [0.15, 0.2) is 6.33 Å². The van der Waals surface area contributed by atoms with Gasteiger partial charge in [-0.05, 0) is 26.3 Å². The van der Waals surface area contributed by atoms with Crippen LogP contribution in [0, 0.1) is 0 Å². The zero-order valence-electron chi connectivity index (χ0n) is 12.0. The number of nitrogens with zero attached hydrogens (tertiary/aromatic N) is 2. The van der Waals surface area contributed by atoms with E-state index in [1.807, 2.05) is 0 Å². The van der Waals surface area contributed by atoms with Crippen molar-refractivity contribution < 1.29 is 14.3 Å². The lowest BCUT2D eigenvalue weighted by atomic mass is 9.99. The average molecular weight is 280 g/mol. The number of ether oxygens (including phenoxy) is 2. The van der Waals surface area contributed by atoms with Crippen LogP contribution < -0.4 is 20.1 Å². The van der Waals surface area contributed by atoms with E-state index in [0.29, 0.717) is 0 Å². The summed E-state index contributed by atoms with van der Waals surface area (Å²) in [4.78, 5) is 20.3. The highest BCUT2D eigenvalue weighted by molar-refractivity contribution is 5.98. The molecule has 0 aliphatic carbocycles. The molecule has 1 aromatic heterocycles. The Kier molecular flexibility index (Phi) is 4.73. The second kappa shape index (κ2) is 6.51. The molecule has 0 aromatic carbocycles. The monoisotopic (exact) mass is 280 g/mol. The number of methoxy groups -OCH3 is 2. The number of aromatic nitrogens is 2. The predicted octanol–water partition coefficient (Wildman–Crippen LogP) is 0.364. The van der Waals surface area contributed by atoms with E-state index in [1.54, 1.807) is 0 Å². The lowest BCUT2D eigenvalue weighted by Crippen LogP contribution is -2.52. The standard InChI is InChI=1S/C13H20N4O3/c1-8-9(5-4-6-14-8)17-11(18)10-12(19-2)15-7-16-13(10)20-3/h7-9,14H,4-6H2,1-3H3,(H,17,18). The minimum atomic E-state index is -0.278. The number of nitrogens with one attached hydrogen (secondary N) is 2. The van der Waals surface area contributed by atoms with E-state index in [1.165, 1.54) is 20.5 Å². The van der Waals surface area contributed by atoms with Crippen molar-refractivity contribution in [2.45, 2.75) is 31.8 Å². The topological polar surface area (TPSA) is 85.4 Å². The van der Waals surface area contributed by atoms with Crippen LogP contribution in [0.5, 0.6) is 11.8 Å². The smallest absolute Gasteiger partial charge is 0.262 e. The minimum Gasteiger partial charge on any atom is -0.480 e. The third-order valence-electron chi connectivity index (χ3n) is 3.47. The predicted molar refractivity (Wildman–Crippen MR) is 73.1 cm³/mol. The van der Waals surface area contributed by atoms with Gasteiger partial charge in [-0.2, -0.15) is 0 Å². The fourth-order valence-corrected chi connectivity index (χ4v) is 2.34. The van der Waals surface area contributed by atoms with Crippen LogP contribution in [-0.2, 0) is 0 Å². The van der Waals surface area contributed by atoms with Crippen LogP contribution in [-0.4, -0.2) is 48.7 Å². The zero-order valence-corrected chi connectivity index (χ0v) is 12.0. The van der Waals surface area contributed by atoms with Gasteiger partial charge in [-0.1, -0.05) is 0 Å². The normalized spacial score (nSPS) is 22.1. The highest BCUT2D eigenvalue weighted by Crippen LogP contribution is 2.23. The second-order valence-electron chi connectivity index (χ2n) is 4.73. The lowest BCUT2D eigenvalue weighted by Gasteiger charge is -2.30. The summed E-state index contributed by atoms with van der Waals surface area (Å²) in [6.45, 7) is 3.04. The fourth-order valence-electron chi connectivity index (χ4n) is 2.34. The first-order chi connectivity index (χ1) is 9.67. The van der Waals surface area contributed by atoms with Crippen LogP contribution in [0.2, 0.25) is 0 Å². The molecule has 1 aromatic rings. The molecular formula is C13H20N4O3. The van der Waals surface area contributed by atoms with Gasteiger partial charge in [-0.15, -0.1) is 0 Å². The molecular weight excluding hydrogens is 260 g/mol. The molecule has 2 unspecified atom stereocenters. The Bertz CT molecular complexity index is 458. The highest BCUT2D eigenvalue weighted by Gasteiger charge is 2.27. The second-order valence-corrected chi connectivity index (χ2v) is 4.73. The van der Waals surface area contributed by atoms with Crippen molar-refractivity contribution in [2.24, 2.45) is 0 Å². The number of piperidine rings is 1. The van der Waals surface area contributed by atoms with E-state index in [2.05, 4.69) is 27.5 Å². The Morgan fingerprint density at radius 2 is 2.00 bits per heavy atom. The summed E-state index contributed by atoms with van der Waals surface area (Å²) in [6.07, 6.45) is 3.28. The zero-order chi connectivity index (χ0) is 14.5. The van der Waals surface area contributed by atoms with Crippen molar-refractivity contribution in [1.82, 2.24) is 20.6 Å². The van der Waals surface area contributed by atoms with Crippen molar-refractivity contribution >= 4 is 5.91 Å². The number of hydrogen-bond donors (Lipinski definition) is 2. The molecule has 1 aliphatic heterocycles. The summed E-state index contributed by atoms with van der Waals surface area (Å²) in [5, 5.41) is 6.33. The average Bonchev–Trinajstić information content (AvgIpc) is 2.48. The molecule has 1 fully saturated rings. The van der Waals surface area contributed by atoms with Crippen molar-refractivity contribution in [2.75, 3.05) is 20.8 Å². The highest BCUT2D eigenvalue weighted by atomic mass is 16.5. The van der Waals surface area contributed by atoms with Crippen LogP contribution in [0.3, 0.4) is 0 Å². The van der Waals surface area contributed by atoms with Gasteiger partial charge in [0.2, 0.25) is 11.8 Å². The maximum atomic E-state index is 12.4. The van der Waals surface area contributed by atoms with Crippen molar-refractivity contribution in [1.29, 1.82) is 0 Å². The molecule has 2 rings (SSSR count). The van der Waals surface area contributed by atoms with Crippen molar-refractivity contribution in [3.8, 4) is 11.8 Å². The van der Waals surface area contributed by atoms with E-state index < -0.39 is 0 Å². The van der Waals surface area contributed by atoms with E-state index in [4.69, 9.17) is 9.47 Å². The fraction of sp³-hybridized carbons (Fsp3) is 0.615. The molecule has 2 atom stereocenters. The van der Waals surface area contributed by atoms with Gasteiger partial charge in [-0.25, -0.2) is 9.97 Å². The summed E-state index contributed by atoms with van der Waals surface area (Å²) in [7, 11) is 2.92. The summed E-state index contributed by atoms with van der Waals surface area (Å²) in [6, 6.07) is 0.306. The Balaban J connectivity index is 2.20. The van der Waals surface area contributed by atoms with Gasteiger partial charge in [0.1, 0.15) is 6.33 Å².